The van der Waals surface area contributed by atoms with Crippen molar-refractivity contribution in [1.29, 1.82) is 0 Å². The van der Waals surface area contributed by atoms with Gasteiger partial charge in [-0.3, -0.25) is 4.79 Å². The lowest BCUT2D eigenvalue weighted by atomic mass is 10.1. The van der Waals surface area contributed by atoms with E-state index in [9.17, 15) is 22.0 Å². The summed E-state index contributed by atoms with van der Waals surface area (Å²) in [5, 5.41) is 8.70. The molecular formula is C7H11F2NO4S. The van der Waals surface area contributed by atoms with E-state index in [1.165, 1.54) is 0 Å². The largest absolute Gasteiger partial charge is 0.480 e. The van der Waals surface area contributed by atoms with Crippen LogP contribution in [0, 0.1) is 0 Å². The van der Waals surface area contributed by atoms with Gasteiger partial charge in [0.05, 0.1) is 0 Å². The number of piperidine rings is 1. The number of halogens is 2. The Balaban J connectivity index is 2.95. The highest BCUT2D eigenvalue weighted by Crippen LogP contribution is 2.23. The number of hydrogen-bond donors (Lipinski definition) is 1. The average Bonchev–Trinajstić information content (AvgIpc) is 2.17. The fourth-order valence-corrected chi connectivity index (χ4v) is 2.70. The summed E-state index contributed by atoms with van der Waals surface area (Å²) in [5.41, 5.74) is 0. The number of nitrogens with zero attached hydrogens (tertiary/aromatic N) is 1. The molecule has 0 aromatic rings. The maximum atomic E-state index is 12.2. The van der Waals surface area contributed by atoms with Gasteiger partial charge in [0, 0.05) is 6.54 Å². The van der Waals surface area contributed by atoms with Crippen molar-refractivity contribution in [3.05, 3.63) is 0 Å². The van der Waals surface area contributed by atoms with Crippen molar-refractivity contribution in [2.45, 2.75) is 31.1 Å². The highest BCUT2D eigenvalue weighted by molar-refractivity contribution is 7.89. The van der Waals surface area contributed by atoms with Gasteiger partial charge in [-0.05, 0) is 19.3 Å². The third-order valence-electron chi connectivity index (χ3n) is 2.29. The Morgan fingerprint density at radius 3 is 2.47 bits per heavy atom. The van der Waals surface area contributed by atoms with Crippen LogP contribution >= 0.6 is 0 Å². The lowest BCUT2D eigenvalue weighted by molar-refractivity contribution is -0.142. The van der Waals surface area contributed by atoms with Gasteiger partial charge in [0.2, 0.25) is 0 Å². The smallest absolute Gasteiger partial charge is 0.350 e. The van der Waals surface area contributed by atoms with Gasteiger partial charge < -0.3 is 5.11 Å². The van der Waals surface area contributed by atoms with Gasteiger partial charge in [-0.2, -0.15) is 13.1 Å². The van der Waals surface area contributed by atoms with Crippen molar-refractivity contribution in [1.82, 2.24) is 4.31 Å². The van der Waals surface area contributed by atoms with Gasteiger partial charge in [0.15, 0.2) is 0 Å². The first-order valence-electron chi connectivity index (χ1n) is 4.39. The zero-order chi connectivity index (χ0) is 11.6. The molecule has 1 fully saturated rings. The fourth-order valence-electron chi connectivity index (χ4n) is 1.56. The normalized spacial score (nSPS) is 24.3. The predicted octanol–water partition coefficient (Wildman–Crippen LogP) is 0.478. The molecule has 0 saturated carbocycles. The molecule has 1 atom stereocenters. The molecule has 1 aliphatic rings. The van der Waals surface area contributed by atoms with Crippen LogP contribution in [0.15, 0.2) is 0 Å². The van der Waals surface area contributed by atoms with Crippen LogP contribution in [0.5, 0.6) is 0 Å². The van der Waals surface area contributed by atoms with Gasteiger partial charge in [-0.1, -0.05) is 0 Å². The Hall–Kier alpha value is -0.760. The molecule has 0 aliphatic carbocycles. The van der Waals surface area contributed by atoms with Crippen LogP contribution in [0.4, 0.5) is 8.78 Å². The Bertz CT molecular complexity index is 343. The second-order valence-corrected chi connectivity index (χ2v) is 5.12. The quantitative estimate of drug-likeness (QED) is 0.782. The maximum Gasteiger partial charge on any atom is 0.350 e. The van der Waals surface area contributed by atoms with E-state index in [1.54, 1.807) is 0 Å². The minimum atomic E-state index is -4.77. The molecule has 0 aromatic carbocycles. The lowest BCUT2D eigenvalue weighted by Gasteiger charge is -2.31. The Labute approximate surface area is 85.7 Å². The molecule has 1 heterocycles. The van der Waals surface area contributed by atoms with E-state index in [0.717, 1.165) is 0 Å². The Morgan fingerprint density at radius 2 is 2.00 bits per heavy atom. The maximum absolute atomic E-state index is 12.2. The number of sulfonamides is 1. The monoisotopic (exact) mass is 243 g/mol. The Kier molecular flexibility index (Phi) is 3.61. The van der Waals surface area contributed by atoms with E-state index >= 15 is 0 Å². The van der Waals surface area contributed by atoms with Crippen LogP contribution in [0.25, 0.3) is 0 Å². The number of carboxylic acid groups (broad SMARTS) is 1. The van der Waals surface area contributed by atoms with E-state index < -0.39 is 27.8 Å². The minimum Gasteiger partial charge on any atom is -0.480 e. The van der Waals surface area contributed by atoms with Crippen LogP contribution in [0.2, 0.25) is 0 Å². The summed E-state index contributed by atoms with van der Waals surface area (Å²) < 4.78 is 47.0. The third-order valence-corrected chi connectivity index (χ3v) is 3.83. The summed E-state index contributed by atoms with van der Waals surface area (Å²) in [6, 6.07) is -1.35. The first-order chi connectivity index (χ1) is 6.87. The van der Waals surface area contributed by atoms with Crippen molar-refractivity contribution < 1.29 is 27.1 Å². The highest BCUT2D eigenvalue weighted by Gasteiger charge is 2.41. The molecule has 15 heavy (non-hydrogen) atoms. The number of carboxylic acids is 1. The molecule has 1 aliphatic heterocycles. The molecule has 1 N–H and O–H groups in total. The predicted molar refractivity (Wildman–Crippen MR) is 46.9 cm³/mol. The van der Waals surface area contributed by atoms with Crippen molar-refractivity contribution in [2.24, 2.45) is 0 Å². The summed E-state index contributed by atoms with van der Waals surface area (Å²) in [6.07, 6.45) is 1.03. The van der Waals surface area contributed by atoms with Crippen molar-refractivity contribution >= 4 is 16.0 Å². The molecule has 8 heteroatoms. The van der Waals surface area contributed by atoms with E-state index in [0.29, 0.717) is 17.1 Å². The molecule has 0 bridgehead atoms. The molecule has 88 valence electrons. The third kappa shape index (κ3) is 2.43. The van der Waals surface area contributed by atoms with E-state index in [-0.39, 0.29) is 13.0 Å². The average molecular weight is 243 g/mol. The molecule has 5 nitrogen and oxygen atoms in total. The summed E-state index contributed by atoms with van der Waals surface area (Å²) in [5.74, 6) is -4.93. The molecule has 1 rings (SSSR count). The summed E-state index contributed by atoms with van der Waals surface area (Å²) >= 11 is 0. The van der Waals surface area contributed by atoms with Gasteiger partial charge in [-0.15, -0.1) is 0 Å². The SMILES string of the molecule is O=C(O)C1CCCCN1S(=O)(=O)C(F)F. The van der Waals surface area contributed by atoms with E-state index in [4.69, 9.17) is 5.11 Å². The molecule has 0 radical (unpaired) electrons. The molecule has 1 saturated heterocycles. The molecule has 0 spiro atoms. The minimum absolute atomic E-state index is 0.0846. The number of carbonyl (C=O) groups is 1. The van der Waals surface area contributed by atoms with Crippen LogP contribution in [-0.2, 0) is 14.8 Å². The van der Waals surface area contributed by atoms with Crippen molar-refractivity contribution in [2.75, 3.05) is 6.54 Å². The first kappa shape index (κ1) is 12.3. The van der Waals surface area contributed by atoms with Gasteiger partial charge in [-0.25, -0.2) is 8.42 Å². The summed E-state index contributed by atoms with van der Waals surface area (Å²) in [6.45, 7) is -0.149. The van der Waals surface area contributed by atoms with Crippen molar-refractivity contribution in [3.63, 3.8) is 0 Å². The topological polar surface area (TPSA) is 74.7 Å². The van der Waals surface area contributed by atoms with Crippen molar-refractivity contribution in [3.8, 4) is 0 Å². The summed E-state index contributed by atoms with van der Waals surface area (Å²) in [4.78, 5) is 10.7. The standard InChI is InChI=1S/C7H11F2NO4S/c8-7(9)15(13,14)10-4-2-1-3-5(10)6(11)12/h5,7H,1-4H2,(H,11,12). The second kappa shape index (κ2) is 4.40. The lowest BCUT2D eigenvalue weighted by Crippen LogP contribution is -2.49. The van der Waals surface area contributed by atoms with Gasteiger partial charge >= 0.3 is 11.7 Å². The van der Waals surface area contributed by atoms with Crippen LogP contribution in [0.3, 0.4) is 0 Å². The summed E-state index contributed by atoms with van der Waals surface area (Å²) in [7, 11) is -4.77. The molecular weight excluding hydrogens is 232 g/mol. The van der Waals surface area contributed by atoms with E-state index in [1.807, 2.05) is 0 Å². The molecule has 0 aromatic heterocycles. The van der Waals surface area contributed by atoms with E-state index in [2.05, 4.69) is 0 Å². The number of hydrogen-bond acceptors (Lipinski definition) is 3. The van der Waals surface area contributed by atoms with Crippen LogP contribution in [0.1, 0.15) is 19.3 Å². The van der Waals surface area contributed by atoms with Gasteiger partial charge in [0.1, 0.15) is 6.04 Å². The molecule has 1 unspecified atom stereocenters. The Morgan fingerprint density at radius 1 is 1.40 bits per heavy atom. The second-order valence-electron chi connectivity index (χ2n) is 3.27. The van der Waals surface area contributed by atoms with Crippen LogP contribution < -0.4 is 0 Å². The highest BCUT2D eigenvalue weighted by atomic mass is 32.2. The number of alkyl halides is 2. The first-order valence-corrected chi connectivity index (χ1v) is 5.89. The number of aliphatic carboxylic acids is 1. The van der Waals surface area contributed by atoms with Gasteiger partial charge in [0.25, 0.3) is 10.0 Å². The fraction of sp³-hybridized carbons (Fsp3) is 0.857. The molecule has 0 amide bonds. The zero-order valence-corrected chi connectivity index (χ0v) is 8.58. The number of rotatable bonds is 3. The van der Waals surface area contributed by atoms with Crippen LogP contribution in [-0.4, -0.2) is 42.1 Å². The zero-order valence-electron chi connectivity index (χ0n) is 7.77.